The molecule has 0 radical (unpaired) electrons. The molecule has 1 heterocycles. The van der Waals surface area contributed by atoms with Crippen LogP contribution < -0.4 is 9.47 Å². The number of pyridine rings is 1. The topological polar surface area (TPSA) is 34.6 Å². The Morgan fingerprint density at radius 1 is 0.962 bits per heavy atom. The van der Waals surface area contributed by atoms with Gasteiger partial charge in [0.05, 0.1) is 31.5 Å². The fourth-order valence-electron chi connectivity index (χ4n) is 3.45. The van der Waals surface area contributed by atoms with Crippen LogP contribution in [0.5, 0.6) is 11.5 Å². The Bertz CT molecular complexity index is 906. The summed E-state index contributed by atoms with van der Waals surface area (Å²) in [7, 11) is 7.51. The number of benzene rings is 2. The number of rotatable bonds is 6. The average molecular weight is 350 g/mol. The summed E-state index contributed by atoms with van der Waals surface area (Å²) < 4.78 is 10.9. The lowest BCUT2D eigenvalue weighted by Crippen LogP contribution is -2.20. The predicted molar refractivity (Wildman–Crippen MR) is 107 cm³/mol. The summed E-state index contributed by atoms with van der Waals surface area (Å²) in [4.78, 5) is 7.15. The molecule has 26 heavy (non-hydrogen) atoms. The van der Waals surface area contributed by atoms with Crippen molar-refractivity contribution in [2.45, 2.75) is 19.4 Å². The van der Waals surface area contributed by atoms with Gasteiger partial charge in [0.1, 0.15) is 0 Å². The fraction of sp³-hybridized carbons (Fsp3) is 0.318. The molecule has 0 saturated carbocycles. The summed E-state index contributed by atoms with van der Waals surface area (Å²) in [6.45, 7) is 2.19. The number of para-hydroxylation sites is 1. The maximum absolute atomic E-state index is 5.50. The van der Waals surface area contributed by atoms with Gasteiger partial charge < -0.3 is 14.4 Å². The maximum atomic E-state index is 5.50. The highest BCUT2D eigenvalue weighted by molar-refractivity contribution is 5.95. The van der Waals surface area contributed by atoms with E-state index in [4.69, 9.17) is 14.5 Å². The maximum Gasteiger partial charge on any atom is 0.161 e. The first-order chi connectivity index (χ1) is 12.6. The molecule has 0 spiro atoms. The smallest absolute Gasteiger partial charge is 0.161 e. The molecule has 0 amide bonds. The Labute approximate surface area is 155 Å². The largest absolute Gasteiger partial charge is 0.493 e. The third kappa shape index (κ3) is 3.37. The first kappa shape index (κ1) is 18.2. The molecule has 4 heteroatoms. The van der Waals surface area contributed by atoms with E-state index in [1.807, 2.05) is 18.2 Å². The fourth-order valence-corrected chi connectivity index (χ4v) is 3.45. The van der Waals surface area contributed by atoms with Gasteiger partial charge in [-0.25, -0.2) is 0 Å². The van der Waals surface area contributed by atoms with Gasteiger partial charge in [-0.3, -0.25) is 4.98 Å². The molecule has 0 bridgehead atoms. The third-order valence-electron chi connectivity index (χ3n) is 4.78. The lowest BCUT2D eigenvalue weighted by atomic mass is 9.97. The van der Waals surface area contributed by atoms with Gasteiger partial charge in [0.25, 0.3) is 0 Å². The minimum absolute atomic E-state index is 0.276. The van der Waals surface area contributed by atoms with Crippen molar-refractivity contribution >= 4 is 10.9 Å². The molecular formula is C22H26N2O2. The van der Waals surface area contributed by atoms with Gasteiger partial charge in [0.15, 0.2) is 11.5 Å². The van der Waals surface area contributed by atoms with E-state index in [1.165, 1.54) is 0 Å². The Morgan fingerprint density at radius 3 is 2.35 bits per heavy atom. The molecule has 0 aliphatic rings. The van der Waals surface area contributed by atoms with E-state index < -0.39 is 0 Å². The monoisotopic (exact) mass is 350 g/mol. The number of hydrogen-bond acceptors (Lipinski definition) is 4. The highest BCUT2D eigenvalue weighted by Crippen LogP contribution is 2.36. The zero-order valence-corrected chi connectivity index (χ0v) is 16.1. The Morgan fingerprint density at radius 2 is 1.69 bits per heavy atom. The number of aromatic nitrogens is 1. The summed E-state index contributed by atoms with van der Waals surface area (Å²) in [6.07, 6.45) is 1.00. The van der Waals surface area contributed by atoms with Crippen molar-refractivity contribution in [3.8, 4) is 22.6 Å². The normalized spacial score (nSPS) is 12.4. The molecule has 0 saturated heterocycles. The van der Waals surface area contributed by atoms with Crippen LogP contribution in [0.2, 0.25) is 0 Å². The quantitative estimate of drug-likeness (QED) is 0.631. The van der Waals surface area contributed by atoms with Crippen LogP contribution in [-0.4, -0.2) is 38.2 Å². The van der Waals surface area contributed by atoms with Crippen LogP contribution in [-0.2, 0) is 0 Å². The van der Waals surface area contributed by atoms with Crippen LogP contribution in [0.25, 0.3) is 22.0 Å². The Kier molecular flexibility index (Phi) is 5.43. The molecule has 1 atom stereocenters. The highest BCUT2D eigenvalue weighted by Gasteiger charge is 2.17. The summed E-state index contributed by atoms with van der Waals surface area (Å²) in [6, 6.07) is 16.8. The van der Waals surface area contributed by atoms with Gasteiger partial charge in [-0.2, -0.15) is 0 Å². The van der Waals surface area contributed by atoms with E-state index in [0.29, 0.717) is 0 Å². The van der Waals surface area contributed by atoms with Crippen LogP contribution in [0.3, 0.4) is 0 Å². The van der Waals surface area contributed by atoms with Crippen molar-refractivity contribution in [1.29, 1.82) is 0 Å². The SMILES string of the molecule is CCC(c1cc(-c2ccc(OC)c(OC)c2)c2ccccc2n1)N(C)C. The summed E-state index contributed by atoms with van der Waals surface area (Å²) >= 11 is 0. The summed E-state index contributed by atoms with van der Waals surface area (Å²) in [5.74, 6) is 1.46. The van der Waals surface area contributed by atoms with Crippen LogP contribution in [0.1, 0.15) is 25.1 Å². The van der Waals surface area contributed by atoms with Gasteiger partial charge in [-0.05, 0) is 55.9 Å². The van der Waals surface area contributed by atoms with E-state index in [-0.39, 0.29) is 6.04 Å². The first-order valence-corrected chi connectivity index (χ1v) is 8.87. The molecule has 4 nitrogen and oxygen atoms in total. The average Bonchev–Trinajstić information content (AvgIpc) is 2.67. The zero-order valence-electron chi connectivity index (χ0n) is 16.1. The van der Waals surface area contributed by atoms with Crippen molar-refractivity contribution in [3.05, 3.63) is 54.2 Å². The van der Waals surface area contributed by atoms with Crippen LogP contribution in [0.4, 0.5) is 0 Å². The number of methoxy groups -OCH3 is 2. The lowest BCUT2D eigenvalue weighted by molar-refractivity contribution is 0.287. The molecule has 3 rings (SSSR count). The van der Waals surface area contributed by atoms with E-state index in [0.717, 1.165) is 45.6 Å². The van der Waals surface area contributed by atoms with E-state index in [9.17, 15) is 0 Å². The number of fused-ring (bicyclic) bond motifs is 1. The van der Waals surface area contributed by atoms with Gasteiger partial charge in [0, 0.05) is 5.39 Å². The standard InChI is InChI=1S/C22H26N2O2/c1-6-20(24(2)3)19-14-17(16-9-7-8-10-18(16)23-19)15-11-12-21(25-4)22(13-15)26-5/h7-14,20H,6H2,1-5H3. The van der Waals surface area contributed by atoms with Crippen molar-refractivity contribution in [1.82, 2.24) is 9.88 Å². The van der Waals surface area contributed by atoms with Gasteiger partial charge >= 0.3 is 0 Å². The van der Waals surface area contributed by atoms with Crippen molar-refractivity contribution < 1.29 is 9.47 Å². The van der Waals surface area contributed by atoms with Crippen molar-refractivity contribution in [2.75, 3.05) is 28.3 Å². The molecule has 1 aromatic heterocycles. The van der Waals surface area contributed by atoms with Crippen LogP contribution in [0, 0.1) is 0 Å². The second-order valence-electron chi connectivity index (χ2n) is 6.57. The molecule has 136 valence electrons. The second-order valence-corrected chi connectivity index (χ2v) is 6.57. The Balaban J connectivity index is 2.24. The minimum Gasteiger partial charge on any atom is -0.493 e. The minimum atomic E-state index is 0.276. The van der Waals surface area contributed by atoms with Gasteiger partial charge in [-0.1, -0.05) is 31.2 Å². The molecule has 0 aliphatic heterocycles. The number of ether oxygens (including phenoxy) is 2. The van der Waals surface area contributed by atoms with Gasteiger partial charge in [-0.15, -0.1) is 0 Å². The summed E-state index contributed by atoms with van der Waals surface area (Å²) in [5, 5.41) is 1.14. The molecular weight excluding hydrogens is 324 g/mol. The van der Waals surface area contributed by atoms with Crippen molar-refractivity contribution in [3.63, 3.8) is 0 Å². The van der Waals surface area contributed by atoms with E-state index >= 15 is 0 Å². The summed E-state index contributed by atoms with van der Waals surface area (Å²) in [5.41, 5.74) is 4.35. The molecule has 0 N–H and O–H groups in total. The van der Waals surface area contributed by atoms with E-state index in [2.05, 4.69) is 56.3 Å². The molecule has 0 fully saturated rings. The van der Waals surface area contributed by atoms with E-state index in [1.54, 1.807) is 14.2 Å². The first-order valence-electron chi connectivity index (χ1n) is 8.87. The molecule has 1 unspecified atom stereocenters. The van der Waals surface area contributed by atoms with Crippen molar-refractivity contribution in [2.24, 2.45) is 0 Å². The Hall–Kier alpha value is -2.59. The molecule has 0 aliphatic carbocycles. The van der Waals surface area contributed by atoms with Crippen LogP contribution >= 0.6 is 0 Å². The predicted octanol–water partition coefficient (Wildman–Crippen LogP) is 4.93. The number of nitrogens with zero attached hydrogens (tertiary/aromatic N) is 2. The van der Waals surface area contributed by atoms with Gasteiger partial charge in [0.2, 0.25) is 0 Å². The molecule has 2 aromatic carbocycles. The number of hydrogen-bond donors (Lipinski definition) is 0. The zero-order chi connectivity index (χ0) is 18.7. The lowest BCUT2D eigenvalue weighted by Gasteiger charge is -2.23. The second kappa shape index (κ2) is 7.75. The van der Waals surface area contributed by atoms with Crippen LogP contribution in [0.15, 0.2) is 48.5 Å². The molecule has 3 aromatic rings. The third-order valence-corrected chi connectivity index (χ3v) is 4.78. The highest BCUT2D eigenvalue weighted by atomic mass is 16.5.